The van der Waals surface area contributed by atoms with Crippen LogP contribution < -0.4 is 11.1 Å². The quantitative estimate of drug-likeness (QED) is 0.507. The first-order chi connectivity index (χ1) is 13.7. The van der Waals surface area contributed by atoms with E-state index in [0.717, 1.165) is 34.9 Å². The van der Waals surface area contributed by atoms with Gasteiger partial charge in [0.05, 0.1) is 0 Å². The van der Waals surface area contributed by atoms with E-state index in [1.54, 1.807) is 18.6 Å². The molecule has 0 spiro atoms. The second-order valence-electron chi connectivity index (χ2n) is 6.49. The van der Waals surface area contributed by atoms with Gasteiger partial charge < -0.3 is 11.1 Å². The molecule has 0 aliphatic rings. The van der Waals surface area contributed by atoms with Crippen molar-refractivity contribution >= 4 is 22.6 Å². The van der Waals surface area contributed by atoms with Crippen molar-refractivity contribution in [3.8, 4) is 11.1 Å². The average molecular weight is 372 g/mol. The summed E-state index contributed by atoms with van der Waals surface area (Å²) in [6, 6.07) is 13.6. The summed E-state index contributed by atoms with van der Waals surface area (Å²) >= 11 is 0. The summed E-state index contributed by atoms with van der Waals surface area (Å²) in [6.07, 6.45) is 7.90. The Kier molecular flexibility index (Phi) is 4.97. The molecule has 0 fully saturated rings. The fourth-order valence-corrected chi connectivity index (χ4v) is 3.03. The molecule has 4 rings (SSSR count). The van der Waals surface area contributed by atoms with E-state index in [9.17, 15) is 4.79 Å². The molecule has 0 aliphatic heterocycles. The van der Waals surface area contributed by atoms with Crippen LogP contribution in [0.4, 0.5) is 5.95 Å². The number of nitrogens with two attached hydrogens (primary N) is 1. The standard InChI is InChI=1S/C21H20N6O/c22-21-24-13-19(14-25-21)17-4-3-16-12-18(6-5-15(16)11-17)20(28)23-7-1-9-27-10-2-8-26-27/h2-6,8,10-14H,1,7,9H2,(H,23,28)(H2,22,24,25). The third-order valence-corrected chi connectivity index (χ3v) is 4.52. The predicted molar refractivity (Wildman–Crippen MR) is 109 cm³/mol. The molecule has 0 saturated heterocycles. The number of anilines is 1. The highest BCUT2D eigenvalue weighted by Gasteiger charge is 2.07. The van der Waals surface area contributed by atoms with Crippen molar-refractivity contribution in [2.75, 3.05) is 12.3 Å². The first-order valence-electron chi connectivity index (χ1n) is 9.06. The van der Waals surface area contributed by atoms with E-state index in [4.69, 9.17) is 5.73 Å². The van der Waals surface area contributed by atoms with Crippen LogP contribution in [-0.2, 0) is 6.54 Å². The number of hydrogen-bond acceptors (Lipinski definition) is 5. The number of carbonyl (C=O) groups excluding carboxylic acids is 1. The van der Waals surface area contributed by atoms with Gasteiger partial charge in [0.1, 0.15) is 0 Å². The summed E-state index contributed by atoms with van der Waals surface area (Å²) in [4.78, 5) is 20.5. The molecule has 4 aromatic rings. The summed E-state index contributed by atoms with van der Waals surface area (Å²) in [5.74, 6) is 0.184. The summed E-state index contributed by atoms with van der Waals surface area (Å²) in [5, 5.41) is 9.16. The van der Waals surface area contributed by atoms with E-state index in [2.05, 4.69) is 26.4 Å². The Morgan fingerprint density at radius 2 is 1.82 bits per heavy atom. The Balaban J connectivity index is 1.43. The van der Waals surface area contributed by atoms with Crippen molar-refractivity contribution in [2.24, 2.45) is 0 Å². The minimum atomic E-state index is -0.0709. The molecule has 28 heavy (non-hydrogen) atoms. The van der Waals surface area contributed by atoms with Gasteiger partial charge in [-0.25, -0.2) is 9.97 Å². The second-order valence-corrected chi connectivity index (χ2v) is 6.49. The largest absolute Gasteiger partial charge is 0.368 e. The zero-order valence-electron chi connectivity index (χ0n) is 15.2. The number of fused-ring (bicyclic) bond motifs is 1. The number of amides is 1. The smallest absolute Gasteiger partial charge is 0.251 e. The van der Waals surface area contributed by atoms with E-state index >= 15 is 0 Å². The highest BCUT2D eigenvalue weighted by Crippen LogP contribution is 2.24. The van der Waals surface area contributed by atoms with Gasteiger partial charge in [-0.2, -0.15) is 5.10 Å². The predicted octanol–water partition coefficient (Wildman–Crippen LogP) is 2.90. The van der Waals surface area contributed by atoms with Gasteiger partial charge in [0.2, 0.25) is 5.95 Å². The number of rotatable bonds is 6. The van der Waals surface area contributed by atoms with Crippen molar-refractivity contribution in [2.45, 2.75) is 13.0 Å². The molecule has 2 aromatic heterocycles. The molecule has 140 valence electrons. The molecule has 0 atom stereocenters. The van der Waals surface area contributed by atoms with Gasteiger partial charge in [-0.1, -0.05) is 18.2 Å². The topological polar surface area (TPSA) is 98.7 Å². The highest BCUT2D eigenvalue weighted by atomic mass is 16.1. The number of nitrogens with one attached hydrogen (secondary N) is 1. The lowest BCUT2D eigenvalue weighted by molar-refractivity contribution is 0.0952. The zero-order chi connectivity index (χ0) is 19.3. The van der Waals surface area contributed by atoms with Gasteiger partial charge >= 0.3 is 0 Å². The van der Waals surface area contributed by atoms with Crippen molar-refractivity contribution < 1.29 is 4.79 Å². The number of carbonyl (C=O) groups is 1. The summed E-state index contributed by atoms with van der Waals surface area (Å²) in [6.45, 7) is 1.38. The van der Waals surface area contributed by atoms with Gasteiger partial charge in [-0.05, 0) is 47.0 Å². The fourth-order valence-electron chi connectivity index (χ4n) is 3.03. The maximum atomic E-state index is 12.4. The van der Waals surface area contributed by atoms with Gasteiger partial charge in [0.15, 0.2) is 0 Å². The van der Waals surface area contributed by atoms with Crippen molar-refractivity contribution in [3.63, 3.8) is 0 Å². The molecular formula is C21H20N6O. The third-order valence-electron chi connectivity index (χ3n) is 4.52. The van der Waals surface area contributed by atoms with Crippen LogP contribution in [-0.4, -0.2) is 32.2 Å². The van der Waals surface area contributed by atoms with E-state index in [1.165, 1.54) is 0 Å². The number of hydrogen-bond donors (Lipinski definition) is 2. The minimum absolute atomic E-state index is 0.0709. The molecule has 0 saturated carbocycles. The van der Waals surface area contributed by atoms with Crippen molar-refractivity contribution in [1.29, 1.82) is 0 Å². The van der Waals surface area contributed by atoms with E-state index in [0.29, 0.717) is 12.1 Å². The molecule has 2 heterocycles. The Morgan fingerprint density at radius 3 is 2.61 bits per heavy atom. The Hall–Kier alpha value is -3.74. The lowest BCUT2D eigenvalue weighted by Gasteiger charge is -2.08. The average Bonchev–Trinajstić information content (AvgIpc) is 3.24. The Morgan fingerprint density at radius 1 is 1.04 bits per heavy atom. The van der Waals surface area contributed by atoms with Crippen molar-refractivity contribution in [3.05, 3.63) is 72.8 Å². The lowest BCUT2D eigenvalue weighted by Crippen LogP contribution is -2.25. The Labute approximate surface area is 162 Å². The summed E-state index contributed by atoms with van der Waals surface area (Å²) in [5.41, 5.74) is 8.09. The van der Waals surface area contributed by atoms with Crippen LogP contribution in [0.1, 0.15) is 16.8 Å². The molecule has 0 aliphatic carbocycles. The van der Waals surface area contributed by atoms with Gasteiger partial charge in [0.25, 0.3) is 5.91 Å². The number of benzene rings is 2. The number of aryl methyl sites for hydroxylation is 1. The molecule has 0 bridgehead atoms. The first kappa shape index (κ1) is 17.7. The van der Waals surface area contributed by atoms with Crippen LogP contribution in [0.5, 0.6) is 0 Å². The highest BCUT2D eigenvalue weighted by molar-refractivity contribution is 5.99. The minimum Gasteiger partial charge on any atom is -0.368 e. The SMILES string of the molecule is Nc1ncc(-c2ccc3cc(C(=O)NCCCn4cccn4)ccc3c2)cn1. The molecular weight excluding hydrogens is 352 g/mol. The second kappa shape index (κ2) is 7.87. The number of nitrogens with zero attached hydrogens (tertiary/aromatic N) is 4. The first-order valence-corrected chi connectivity index (χ1v) is 9.06. The maximum Gasteiger partial charge on any atom is 0.251 e. The van der Waals surface area contributed by atoms with Crippen LogP contribution in [0.25, 0.3) is 21.9 Å². The monoisotopic (exact) mass is 372 g/mol. The normalized spacial score (nSPS) is 10.9. The third kappa shape index (κ3) is 3.98. The molecule has 7 nitrogen and oxygen atoms in total. The molecule has 3 N–H and O–H groups in total. The maximum absolute atomic E-state index is 12.4. The van der Waals surface area contributed by atoms with E-state index in [-0.39, 0.29) is 11.9 Å². The molecule has 1 amide bonds. The zero-order valence-corrected chi connectivity index (χ0v) is 15.2. The summed E-state index contributed by atoms with van der Waals surface area (Å²) < 4.78 is 1.85. The molecule has 0 unspecified atom stereocenters. The van der Waals surface area contributed by atoms with Crippen LogP contribution >= 0.6 is 0 Å². The summed E-state index contributed by atoms with van der Waals surface area (Å²) in [7, 11) is 0. The molecule has 0 radical (unpaired) electrons. The Bertz CT molecular complexity index is 1090. The van der Waals surface area contributed by atoms with Crippen molar-refractivity contribution in [1.82, 2.24) is 25.1 Å². The van der Waals surface area contributed by atoms with E-state index in [1.807, 2.05) is 47.3 Å². The van der Waals surface area contributed by atoms with Crippen LogP contribution in [0.15, 0.2) is 67.3 Å². The van der Waals surface area contributed by atoms with E-state index < -0.39 is 0 Å². The van der Waals surface area contributed by atoms with Crippen LogP contribution in [0, 0.1) is 0 Å². The van der Waals surface area contributed by atoms with Crippen LogP contribution in [0.2, 0.25) is 0 Å². The molecule has 2 aromatic carbocycles. The number of nitrogen functional groups attached to an aromatic ring is 1. The lowest BCUT2D eigenvalue weighted by atomic mass is 10.0. The van der Waals surface area contributed by atoms with Gasteiger partial charge in [-0.15, -0.1) is 0 Å². The van der Waals surface area contributed by atoms with Gasteiger partial charge in [0, 0.05) is 49.0 Å². The fraction of sp³-hybridized carbons (Fsp3) is 0.143. The number of aromatic nitrogens is 4. The van der Waals surface area contributed by atoms with Gasteiger partial charge in [-0.3, -0.25) is 9.48 Å². The van der Waals surface area contributed by atoms with Crippen LogP contribution in [0.3, 0.4) is 0 Å². The molecule has 7 heteroatoms.